The van der Waals surface area contributed by atoms with E-state index >= 15 is 0 Å². The summed E-state index contributed by atoms with van der Waals surface area (Å²) in [4.78, 5) is 22.5. The van der Waals surface area contributed by atoms with Crippen LogP contribution in [0.2, 0.25) is 0 Å². The van der Waals surface area contributed by atoms with Crippen LogP contribution in [0.3, 0.4) is 0 Å². The van der Waals surface area contributed by atoms with Crippen LogP contribution < -0.4 is 0 Å². The Balaban J connectivity index is 1.49. The highest BCUT2D eigenvalue weighted by atomic mass is 16.3. The third-order valence-corrected chi connectivity index (χ3v) is 5.29. The predicted molar refractivity (Wildman–Crippen MR) is 99.7 cm³/mol. The topological polar surface area (TPSA) is 62.1 Å². The summed E-state index contributed by atoms with van der Waals surface area (Å²) in [6, 6.07) is 12.3. The van der Waals surface area contributed by atoms with Gasteiger partial charge in [0.15, 0.2) is 0 Å². The van der Waals surface area contributed by atoms with Gasteiger partial charge in [0.2, 0.25) is 5.91 Å². The number of hydrogen-bond acceptors (Lipinski definition) is 3. The smallest absolute Gasteiger partial charge is 0.227 e. The highest BCUT2D eigenvalue weighted by molar-refractivity contribution is 6.08. The molecular formula is C21H19N3O2. The number of amides is 1. The number of likely N-dealkylation sites (tertiary alicyclic amines) is 1. The van der Waals surface area contributed by atoms with Gasteiger partial charge in [0.25, 0.3) is 0 Å². The van der Waals surface area contributed by atoms with Gasteiger partial charge in [0.1, 0.15) is 11.4 Å². The first kappa shape index (κ1) is 15.2. The molecule has 1 N–H and O–H groups in total. The van der Waals surface area contributed by atoms with Crippen LogP contribution in [-0.4, -0.2) is 27.3 Å². The normalized spacial score (nSPS) is 17.4. The Bertz CT molecular complexity index is 1080. The van der Waals surface area contributed by atoms with Crippen molar-refractivity contribution in [1.29, 1.82) is 0 Å². The molecule has 1 saturated heterocycles. The van der Waals surface area contributed by atoms with E-state index in [2.05, 4.69) is 28.2 Å². The van der Waals surface area contributed by atoms with Crippen LogP contribution in [0.1, 0.15) is 30.3 Å². The first-order valence-corrected chi connectivity index (χ1v) is 8.98. The van der Waals surface area contributed by atoms with Crippen LogP contribution in [0.15, 0.2) is 59.5 Å². The van der Waals surface area contributed by atoms with E-state index in [0.29, 0.717) is 6.42 Å². The number of rotatable bonds is 3. The zero-order valence-electron chi connectivity index (χ0n) is 14.3. The van der Waals surface area contributed by atoms with Gasteiger partial charge in [0, 0.05) is 29.9 Å². The fourth-order valence-electron chi connectivity index (χ4n) is 4.08. The molecule has 130 valence electrons. The molecule has 2 aromatic heterocycles. The highest BCUT2D eigenvalue weighted by Gasteiger charge is 2.31. The van der Waals surface area contributed by atoms with Crippen LogP contribution in [-0.2, 0) is 11.2 Å². The summed E-state index contributed by atoms with van der Waals surface area (Å²) < 4.78 is 5.73. The number of fused-ring (bicyclic) bond motifs is 3. The lowest BCUT2D eigenvalue weighted by Gasteiger charge is -2.23. The summed E-state index contributed by atoms with van der Waals surface area (Å²) in [6.07, 6.45) is 7.59. The Labute approximate surface area is 150 Å². The van der Waals surface area contributed by atoms with Crippen molar-refractivity contribution in [2.75, 3.05) is 6.54 Å². The maximum absolute atomic E-state index is 13.0. The zero-order chi connectivity index (χ0) is 17.5. The second-order valence-corrected chi connectivity index (χ2v) is 6.82. The Morgan fingerprint density at radius 3 is 3.08 bits per heavy atom. The van der Waals surface area contributed by atoms with E-state index < -0.39 is 0 Å². The molecule has 2 aromatic carbocycles. The molecule has 1 aliphatic rings. The summed E-state index contributed by atoms with van der Waals surface area (Å²) in [6.45, 7) is 0.779. The molecule has 3 heterocycles. The van der Waals surface area contributed by atoms with Crippen molar-refractivity contribution in [1.82, 2.24) is 14.9 Å². The van der Waals surface area contributed by atoms with E-state index in [1.807, 2.05) is 29.3 Å². The summed E-state index contributed by atoms with van der Waals surface area (Å²) in [5.41, 5.74) is 1.78. The molecule has 5 nitrogen and oxygen atoms in total. The van der Waals surface area contributed by atoms with Gasteiger partial charge in [-0.05, 0) is 29.7 Å². The number of aromatic amines is 1. The van der Waals surface area contributed by atoms with Gasteiger partial charge in [-0.3, -0.25) is 4.79 Å². The predicted octanol–water partition coefficient (Wildman–Crippen LogP) is 4.22. The molecule has 0 unspecified atom stereocenters. The molecule has 5 rings (SSSR count). The van der Waals surface area contributed by atoms with Crippen molar-refractivity contribution in [2.45, 2.75) is 25.3 Å². The van der Waals surface area contributed by atoms with Gasteiger partial charge in [-0.1, -0.05) is 30.3 Å². The Kier molecular flexibility index (Phi) is 3.52. The van der Waals surface area contributed by atoms with E-state index in [1.54, 1.807) is 12.5 Å². The third kappa shape index (κ3) is 2.39. The quantitative estimate of drug-likeness (QED) is 0.605. The molecule has 0 radical (unpaired) electrons. The van der Waals surface area contributed by atoms with Crippen LogP contribution in [0.4, 0.5) is 0 Å². The Morgan fingerprint density at radius 2 is 2.19 bits per heavy atom. The average Bonchev–Trinajstić information content (AvgIpc) is 3.41. The number of imidazole rings is 1. The standard InChI is InChI=1S/C21H19N3O2/c25-19(24-11-3-6-17(24)21-22-9-10-23-21)12-15-13-26-18-8-7-14-4-1-2-5-16(14)20(15)18/h1-2,4-5,7-10,13,17H,3,6,11-12H2,(H,22,23)/t17-/m0/s1. The number of H-pyrrole nitrogens is 1. The van der Waals surface area contributed by atoms with E-state index in [0.717, 1.165) is 52.5 Å². The Hall–Kier alpha value is -3.08. The molecular weight excluding hydrogens is 326 g/mol. The number of nitrogens with one attached hydrogen (secondary N) is 1. The van der Waals surface area contributed by atoms with E-state index in [1.165, 1.54) is 0 Å². The van der Waals surface area contributed by atoms with Gasteiger partial charge < -0.3 is 14.3 Å². The van der Waals surface area contributed by atoms with Gasteiger partial charge in [-0.15, -0.1) is 0 Å². The van der Waals surface area contributed by atoms with Crippen molar-refractivity contribution in [2.24, 2.45) is 0 Å². The summed E-state index contributed by atoms with van der Waals surface area (Å²) in [5, 5.41) is 3.33. The molecule has 0 aliphatic carbocycles. The van der Waals surface area contributed by atoms with Crippen molar-refractivity contribution in [3.8, 4) is 0 Å². The van der Waals surface area contributed by atoms with Crippen molar-refractivity contribution < 1.29 is 9.21 Å². The minimum Gasteiger partial charge on any atom is -0.464 e. The lowest BCUT2D eigenvalue weighted by Crippen LogP contribution is -2.32. The van der Waals surface area contributed by atoms with Crippen molar-refractivity contribution in [3.63, 3.8) is 0 Å². The first-order valence-electron chi connectivity index (χ1n) is 8.98. The van der Waals surface area contributed by atoms with Crippen LogP contribution in [0.25, 0.3) is 21.7 Å². The molecule has 1 aliphatic heterocycles. The molecule has 1 atom stereocenters. The monoisotopic (exact) mass is 345 g/mol. The second kappa shape index (κ2) is 6.02. The number of aromatic nitrogens is 2. The average molecular weight is 345 g/mol. The molecule has 0 saturated carbocycles. The maximum atomic E-state index is 13.0. The van der Waals surface area contributed by atoms with Gasteiger partial charge in [-0.2, -0.15) is 0 Å². The first-order chi connectivity index (χ1) is 12.8. The fraction of sp³-hybridized carbons (Fsp3) is 0.238. The molecule has 5 heteroatoms. The number of carbonyl (C=O) groups excluding carboxylic acids is 1. The molecule has 26 heavy (non-hydrogen) atoms. The largest absolute Gasteiger partial charge is 0.464 e. The van der Waals surface area contributed by atoms with Crippen molar-refractivity contribution in [3.05, 3.63) is 66.4 Å². The number of carbonyl (C=O) groups is 1. The molecule has 4 aromatic rings. The Morgan fingerprint density at radius 1 is 1.27 bits per heavy atom. The fourth-order valence-corrected chi connectivity index (χ4v) is 4.08. The lowest BCUT2D eigenvalue weighted by molar-refractivity contribution is -0.131. The molecule has 0 bridgehead atoms. The number of nitrogens with zero attached hydrogens (tertiary/aromatic N) is 2. The highest BCUT2D eigenvalue weighted by Crippen LogP contribution is 2.33. The molecule has 0 spiro atoms. The summed E-state index contributed by atoms with van der Waals surface area (Å²) in [7, 11) is 0. The van der Waals surface area contributed by atoms with Gasteiger partial charge >= 0.3 is 0 Å². The van der Waals surface area contributed by atoms with E-state index in [4.69, 9.17) is 4.42 Å². The van der Waals surface area contributed by atoms with Crippen LogP contribution >= 0.6 is 0 Å². The molecule has 1 amide bonds. The number of furan rings is 1. The van der Waals surface area contributed by atoms with E-state index in [9.17, 15) is 4.79 Å². The third-order valence-electron chi connectivity index (χ3n) is 5.29. The molecule has 1 fully saturated rings. The number of benzene rings is 2. The van der Waals surface area contributed by atoms with Crippen LogP contribution in [0.5, 0.6) is 0 Å². The van der Waals surface area contributed by atoms with Gasteiger partial charge in [-0.25, -0.2) is 4.98 Å². The minimum atomic E-state index is 0.0485. The SMILES string of the molecule is O=C(Cc1coc2ccc3ccccc3c12)N1CCC[C@H]1c1ncc[nH]1. The summed E-state index contributed by atoms with van der Waals surface area (Å²) >= 11 is 0. The van der Waals surface area contributed by atoms with Gasteiger partial charge in [0.05, 0.1) is 18.7 Å². The van der Waals surface area contributed by atoms with E-state index in [-0.39, 0.29) is 11.9 Å². The number of hydrogen-bond donors (Lipinski definition) is 1. The van der Waals surface area contributed by atoms with Crippen LogP contribution in [0, 0.1) is 0 Å². The van der Waals surface area contributed by atoms with Crippen molar-refractivity contribution >= 4 is 27.6 Å². The lowest BCUT2D eigenvalue weighted by atomic mass is 10.0. The zero-order valence-corrected chi connectivity index (χ0v) is 14.3. The minimum absolute atomic E-state index is 0.0485. The summed E-state index contributed by atoms with van der Waals surface area (Å²) in [5.74, 6) is 0.998. The second-order valence-electron chi connectivity index (χ2n) is 6.82. The maximum Gasteiger partial charge on any atom is 0.227 e.